The molecule has 1 aromatic heterocycles. The molecule has 0 amide bonds. The lowest BCUT2D eigenvalue weighted by Crippen LogP contribution is -2.01. The standard InChI is InChI=1S/C12H13ClN2O/c1-2-15-6-5-14-12(15)8-9-3-4-11(16)10(13)7-9/h3-7,16H,2,8H2,1H3. The van der Waals surface area contributed by atoms with Crippen LogP contribution in [0.15, 0.2) is 30.6 Å². The number of aromatic nitrogens is 2. The van der Waals surface area contributed by atoms with Crippen LogP contribution in [0.2, 0.25) is 5.02 Å². The lowest BCUT2D eigenvalue weighted by atomic mass is 10.1. The highest BCUT2D eigenvalue weighted by molar-refractivity contribution is 6.32. The van der Waals surface area contributed by atoms with Gasteiger partial charge in [-0.15, -0.1) is 0 Å². The molecule has 16 heavy (non-hydrogen) atoms. The van der Waals surface area contributed by atoms with Gasteiger partial charge in [-0.1, -0.05) is 17.7 Å². The van der Waals surface area contributed by atoms with Crippen LogP contribution in [-0.2, 0) is 13.0 Å². The summed E-state index contributed by atoms with van der Waals surface area (Å²) in [6, 6.07) is 5.23. The Kier molecular flexibility index (Phi) is 3.15. The second-order valence-electron chi connectivity index (χ2n) is 3.59. The van der Waals surface area contributed by atoms with Gasteiger partial charge in [0.2, 0.25) is 0 Å². The van der Waals surface area contributed by atoms with E-state index in [0.29, 0.717) is 5.02 Å². The quantitative estimate of drug-likeness (QED) is 0.890. The molecule has 0 spiro atoms. The summed E-state index contributed by atoms with van der Waals surface area (Å²) in [7, 11) is 0. The van der Waals surface area contributed by atoms with E-state index in [-0.39, 0.29) is 5.75 Å². The van der Waals surface area contributed by atoms with Gasteiger partial charge in [0.25, 0.3) is 0 Å². The van der Waals surface area contributed by atoms with Crippen molar-refractivity contribution < 1.29 is 5.11 Å². The van der Waals surface area contributed by atoms with Crippen LogP contribution in [0.5, 0.6) is 5.75 Å². The molecule has 1 heterocycles. The summed E-state index contributed by atoms with van der Waals surface area (Å²) in [5.74, 6) is 1.12. The van der Waals surface area contributed by atoms with E-state index in [9.17, 15) is 5.11 Å². The van der Waals surface area contributed by atoms with Gasteiger partial charge in [0, 0.05) is 25.4 Å². The number of imidazole rings is 1. The maximum Gasteiger partial charge on any atom is 0.134 e. The molecule has 3 nitrogen and oxygen atoms in total. The van der Waals surface area contributed by atoms with E-state index in [1.54, 1.807) is 18.3 Å². The van der Waals surface area contributed by atoms with Gasteiger partial charge in [0.1, 0.15) is 11.6 Å². The third-order valence-corrected chi connectivity index (χ3v) is 2.82. The number of benzene rings is 1. The van der Waals surface area contributed by atoms with Crippen LogP contribution in [0.3, 0.4) is 0 Å². The second-order valence-corrected chi connectivity index (χ2v) is 4.00. The number of phenolic OH excluding ortho intramolecular Hbond substituents is 1. The lowest BCUT2D eigenvalue weighted by Gasteiger charge is -2.05. The minimum Gasteiger partial charge on any atom is -0.506 e. The summed E-state index contributed by atoms with van der Waals surface area (Å²) >= 11 is 5.85. The van der Waals surface area contributed by atoms with Crippen molar-refractivity contribution in [2.24, 2.45) is 0 Å². The number of nitrogens with zero attached hydrogens (tertiary/aromatic N) is 2. The van der Waals surface area contributed by atoms with Crippen molar-refractivity contribution in [3.8, 4) is 5.75 Å². The third kappa shape index (κ3) is 2.19. The van der Waals surface area contributed by atoms with Gasteiger partial charge < -0.3 is 9.67 Å². The molecule has 4 heteroatoms. The molecule has 0 fully saturated rings. The normalized spacial score (nSPS) is 10.6. The number of halogens is 1. The molecule has 0 bridgehead atoms. The predicted molar refractivity (Wildman–Crippen MR) is 63.8 cm³/mol. The van der Waals surface area contributed by atoms with Gasteiger partial charge in [0.15, 0.2) is 0 Å². The Bertz CT molecular complexity index is 494. The van der Waals surface area contributed by atoms with Crippen LogP contribution < -0.4 is 0 Å². The van der Waals surface area contributed by atoms with Gasteiger partial charge in [-0.05, 0) is 24.6 Å². The van der Waals surface area contributed by atoms with Crippen LogP contribution in [-0.4, -0.2) is 14.7 Å². The molecule has 0 saturated carbocycles. The number of phenols is 1. The fourth-order valence-electron chi connectivity index (χ4n) is 1.64. The molecule has 0 unspecified atom stereocenters. The zero-order valence-corrected chi connectivity index (χ0v) is 9.78. The van der Waals surface area contributed by atoms with E-state index >= 15 is 0 Å². The van der Waals surface area contributed by atoms with Gasteiger partial charge in [-0.2, -0.15) is 0 Å². The first-order valence-corrected chi connectivity index (χ1v) is 5.56. The second kappa shape index (κ2) is 4.58. The molecule has 84 valence electrons. The van der Waals surface area contributed by atoms with E-state index in [1.807, 2.05) is 12.3 Å². The Labute approximate surface area is 99.3 Å². The molecule has 2 rings (SSSR count). The number of rotatable bonds is 3. The summed E-state index contributed by atoms with van der Waals surface area (Å²) in [4.78, 5) is 4.29. The predicted octanol–water partition coefficient (Wildman–Crippen LogP) is 2.85. The highest BCUT2D eigenvalue weighted by Crippen LogP contribution is 2.24. The van der Waals surface area contributed by atoms with Crippen LogP contribution in [0.1, 0.15) is 18.3 Å². The first kappa shape index (κ1) is 11.0. The monoisotopic (exact) mass is 236 g/mol. The highest BCUT2D eigenvalue weighted by atomic mass is 35.5. The van der Waals surface area contributed by atoms with Gasteiger partial charge >= 0.3 is 0 Å². The van der Waals surface area contributed by atoms with E-state index in [2.05, 4.69) is 16.5 Å². The third-order valence-electron chi connectivity index (χ3n) is 2.52. The van der Waals surface area contributed by atoms with Gasteiger partial charge in [0.05, 0.1) is 5.02 Å². The van der Waals surface area contributed by atoms with Crippen molar-refractivity contribution in [2.75, 3.05) is 0 Å². The van der Waals surface area contributed by atoms with Crippen molar-refractivity contribution in [3.05, 3.63) is 47.0 Å². The van der Waals surface area contributed by atoms with Crippen molar-refractivity contribution in [3.63, 3.8) is 0 Å². The van der Waals surface area contributed by atoms with E-state index in [4.69, 9.17) is 11.6 Å². The fraction of sp³-hybridized carbons (Fsp3) is 0.250. The summed E-state index contributed by atoms with van der Waals surface area (Å²) in [5.41, 5.74) is 1.05. The highest BCUT2D eigenvalue weighted by Gasteiger charge is 2.05. The minimum atomic E-state index is 0.115. The maximum atomic E-state index is 9.32. The molecule has 0 radical (unpaired) electrons. The number of aromatic hydroxyl groups is 1. The molecule has 2 aromatic rings. The molecule has 0 atom stereocenters. The topological polar surface area (TPSA) is 38.0 Å². The Balaban J connectivity index is 2.24. The van der Waals surface area contributed by atoms with E-state index in [1.165, 1.54) is 0 Å². The average Bonchev–Trinajstić information content (AvgIpc) is 2.71. The molecular weight excluding hydrogens is 224 g/mol. The Hall–Kier alpha value is -1.48. The summed E-state index contributed by atoms with van der Waals surface area (Å²) < 4.78 is 2.08. The van der Waals surface area contributed by atoms with Crippen molar-refractivity contribution in [1.82, 2.24) is 9.55 Å². The summed E-state index contributed by atoms with van der Waals surface area (Å²) in [6.07, 6.45) is 4.47. The molecule has 1 aromatic carbocycles. The van der Waals surface area contributed by atoms with Crippen LogP contribution in [0.4, 0.5) is 0 Å². The number of hydrogen-bond donors (Lipinski definition) is 1. The molecule has 0 aliphatic carbocycles. The molecule has 1 N–H and O–H groups in total. The lowest BCUT2D eigenvalue weighted by molar-refractivity contribution is 0.475. The number of hydrogen-bond acceptors (Lipinski definition) is 2. The number of aryl methyl sites for hydroxylation is 1. The molecule has 0 saturated heterocycles. The largest absolute Gasteiger partial charge is 0.506 e. The van der Waals surface area contributed by atoms with Gasteiger partial charge in [-0.25, -0.2) is 4.98 Å². The van der Waals surface area contributed by atoms with Crippen molar-refractivity contribution >= 4 is 11.6 Å². The molecule has 0 aliphatic rings. The Morgan fingerprint density at radius 2 is 2.25 bits per heavy atom. The van der Waals surface area contributed by atoms with Crippen LogP contribution in [0.25, 0.3) is 0 Å². The minimum absolute atomic E-state index is 0.115. The molecular formula is C12H13ClN2O. The van der Waals surface area contributed by atoms with E-state index in [0.717, 1.165) is 24.4 Å². The first-order valence-electron chi connectivity index (χ1n) is 5.18. The van der Waals surface area contributed by atoms with Gasteiger partial charge in [-0.3, -0.25) is 0 Å². The smallest absolute Gasteiger partial charge is 0.134 e. The maximum absolute atomic E-state index is 9.32. The van der Waals surface area contributed by atoms with E-state index < -0.39 is 0 Å². The van der Waals surface area contributed by atoms with Crippen LogP contribution >= 0.6 is 11.6 Å². The zero-order valence-electron chi connectivity index (χ0n) is 9.02. The first-order chi connectivity index (χ1) is 7.70. The van der Waals surface area contributed by atoms with Crippen LogP contribution in [0, 0.1) is 0 Å². The zero-order chi connectivity index (χ0) is 11.5. The van der Waals surface area contributed by atoms with Crippen molar-refractivity contribution in [2.45, 2.75) is 19.9 Å². The van der Waals surface area contributed by atoms with Crippen molar-refractivity contribution in [1.29, 1.82) is 0 Å². The summed E-state index contributed by atoms with van der Waals surface area (Å²) in [6.45, 7) is 2.98. The Morgan fingerprint density at radius 1 is 1.44 bits per heavy atom. The SMILES string of the molecule is CCn1ccnc1Cc1ccc(O)c(Cl)c1. The fourth-order valence-corrected chi connectivity index (χ4v) is 1.84. The molecule has 0 aliphatic heterocycles. The Morgan fingerprint density at radius 3 is 2.94 bits per heavy atom. The summed E-state index contributed by atoms with van der Waals surface area (Å²) in [5, 5.41) is 9.70. The average molecular weight is 237 g/mol.